The van der Waals surface area contributed by atoms with Crippen LogP contribution in [0.3, 0.4) is 0 Å². The molecule has 16 nitrogen and oxygen atoms in total. The second-order valence-electron chi connectivity index (χ2n) is 8.56. The Hall–Kier alpha value is -3.95. The minimum atomic E-state index is -1.38. The predicted molar refractivity (Wildman–Crippen MR) is 130 cm³/mol. The van der Waals surface area contributed by atoms with Crippen molar-refractivity contribution in [2.75, 3.05) is 13.1 Å². The van der Waals surface area contributed by atoms with Crippen molar-refractivity contribution < 1.29 is 39.0 Å². The van der Waals surface area contributed by atoms with Gasteiger partial charge in [0.05, 0.1) is 6.04 Å². The Morgan fingerprint density at radius 1 is 0.865 bits per heavy atom. The third kappa shape index (κ3) is 12.5. The van der Waals surface area contributed by atoms with Crippen LogP contribution in [0, 0.1) is 0 Å². The maximum Gasteiger partial charge on any atom is 0.326 e. The first-order chi connectivity index (χ1) is 17.4. The van der Waals surface area contributed by atoms with Gasteiger partial charge in [-0.25, -0.2) is 4.79 Å². The van der Waals surface area contributed by atoms with Crippen LogP contribution in [-0.2, 0) is 28.8 Å². The van der Waals surface area contributed by atoms with E-state index in [9.17, 15) is 33.9 Å². The molecule has 1 fully saturated rings. The topological polar surface area (TPSA) is 281 Å². The molecular weight excluding hydrogens is 492 g/mol. The van der Waals surface area contributed by atoms with E-state index in [1.54, 1.807) is 0 Å². The molecule has 0 aromatic carbocycles. The Morgan fingerprint density at radius 2 is 1.46 bits per heavy atom. The molecule has 208 valence electrons. The van der Waals surface area contributed by atoms with Crippen LogP contribution in [0.25, 0.3) is 0 Å². The third-order valence-electron chi connectivity index (χ3n) is 5.53. The first-order valence-corrected chi connectivity index (χ1v) is 11.8. The molecule has 0 saturated carbocycles. The van der Waals surface area contributed by atoms with E-state index in [0.29, 0.717) is 13.0 Å². The van der Waals surface area contributed by atoms with Crippen molar-refractivity contribution in [1.82, 2.24) is 21.3 Å². The molecule has 1 aliphatic heterocycles. The Labute approximate surface area is 213 Å². The maximum absolute atomic E-state index is 13.0. The minimum Gasteiger partial charge on any atom is -0.481 e. The number of aliphatic imine (C=N–C) groups is 1. The van der Waals surface area contributed by atoms with E-state index in [4.69, 9.17) is 22.3 Å². The summed E-state index contributed by atoms with van der Waals surface area (Å²) in [6.07, 6.45) is 0.248. The van der Waals surface area contributed by atoms with Crippen LogP contribution in [-0.4, -0.2) is 89.0 Å². The summed E-state index contributed by atoms with van der Waals surface area (Å²) in [5.41, 5.74) is 15.6. The third-order valence-corrected chi connectivity index (χ3v) is 5.53. The van der Waals surface area contributed by atoms with Gasteiger partial charge < -0.3 is 48.7 Å². The molecular formula is C21H36N8O8. The quantitative estimate of drug-likeness (QED) is 0.0506. The van der Waals surface area contributed by atoms with Crippen molar-refractivity contribution in [1.29, 1.82) is 0 Å². The van der Waals surface area contributed by atoms with Crippen LogP contribution in [0.2, 0.25) is 0 Å². The monoisotopic (exact) mass is 528 g/mol. The van der Waals surface area contributed by atoms with Crippen LogP contribution in [0.1, 0.15) is 51.4 Å². The van der Waals surface area contributed by atoms with Gasteiger partial charge >= 0.3 is 11.9 Å². The second-order valence-corrected chi connectivity index (χ2v) is 8.56. The molecule has 4 unspecified atom stereocenters. The van der Waals surface area contributed by atoms with Crippen molar-refractivity contribution in [3.63, 3.8) is 0 Å². The van der Waals surface area contributed by atoms with Gasteiger partial charge in [0.15, 0.2) is 5.96 Å². The smallest absolute Gasteiger partial charge is 0.326 e. The normalized spacial score (nSPS) is 17.0. The van der Waals surface area contributed by atoms with E-state index in [1.807, 2.05) is 0 Å². The number of amides is 4. The number of aliphatic carboxylic acids is 2. The van der Waals surface area contributed by atoms with E-state index in [-0.39, 0.29) is 44.6 Å². The van der Waals surface area contributed by atoms with E-state index in [1.165, 1.54) is 0 Å². The number of carbonyl (C=O) groups excluding carboxylic acids is 4. The average molecular weight is 529 g/mol. The number of nitrogens with one attached hydrogen (secondary N) is 4. The molecule has 1 rings (SSSR count). The number of guanidine groups is 1. The molecule has 1 aliphatic rings. The van der Waals surface area contributed by atoms with Crippen molar-refractivity contribution in [2.45, 2.75) is 75.5 Å². The lowest BCUT2D eigenvalue weighted by Crippen LogP contribution is -2.57. The van der Waals surface area contributed by atoms with E-state index in [0.717, 1.165) is 6.42 Å². The van der Waals surface area contributed by atoms with Gasteiger partial charge in [-0.2, -0.15) is 0 Å². The first kappa shape index (κ1) is 31.1. The first-order valence-electron chi connectivity index (χ1n) is 11.8. The Balaban J connectivity index is 2.94. The molecule has 12 N–H and O–H groups in total. The van der Waals surface area contributed by atoms with E-state index in [2.05, 4.69) is 26.3 Å². The molecule has 0 aromatic heterocycles. The van der Waals surface area contributed by atoms with Gasteiger partial charge in [-0.3, -0.25) is 29.0 Å². The Kier molecular flexibility index (Phi) is 13.4. The summed E-state index contributed by atoms with van der Waals surface area (Å²) < 4.78 is 0. The van der Waals surface area contributed by atoms with Gasteiger partial charge in [-0.05, 0) is 45.1 Å². The number of carboxylic acid groups (broad SMARTS) is 2. The number of hydrogen-bond acceptors (Lipinski definition) is 8. The molecule has 37 heavy (non-hydrogen) atoms. The summed E-state index contributed by atoms with van der Waals surface area (Å²) in [7, 11) is 0. The number of nitrogens with zero attached hydrogens (tertiary/aromatic N) is 1. The Bertz CT molecular complexity index is 871. The highest BCUT2D eigenvalue weighted by Gasteiger charge is 2.31. The number of carbonyl (C=O) groups is 6. The largest absolute Gasteiger partial charge is 0.481 e. The van der Waals surface area contributed by atoms with Gasteiger partial charge in [-0.15, -0.1) is 0 Å². The minimum absolute atomic E-state index is 0.0278. The fourth-order valence-corrected chi connectivity index (χ4v) is 3.58. The van der Waals surface area contributed by atoms with Crippen LogP contribution >= 0.6 is 0 Å². The predicted octanol–water partition coefficient (Wildman–Crippen LogP) is -3.54. The zero-order valence-electron chi connectivity index (χ0n) is 20.4. The van der Waals surface area contributed by atoms with Crippen molar-refractivity contribution in [3.05, 3.63) is 0 Å². The lowest BCUT2D eigenvalue weighted by molar-refractivity contribution is -0.142. The molecule has 16 heteroatoms. The van der Waals surface area contributed by atoms with Crippen molar-refractivity contribution in [3.8, 4) is 0 Å². The van der Waals surface area contributed by atoms with Crippen LogP contribution in [0.4, 0.5) is 0 Å². The van der Waals surface area contributed by atoms with Gasteiger partial charge in [-0.1, -0.05) is 0 Å². The maximum atomic E-state index is 13.0. The average Bonchev–Trinajstić information content (AvgIpc) is 3.35. The molecule has 0 radical (unpaired) electrons. The van der Waals surface area contributed by atoms with Gasteiger partial charge in [0.25, 0.3) is 0 Å². The highest BCUT2D eigenvalue weighted by Crippen LogP contribution is 2.08. The van der Waals surface area contributed by atoms with Crippen LogP contribution in [0.15, 0.2) is 4.99 Å². The lowest BCUT2D eigenvalue weighted by Gasteiger charge is -2.25. The number of primary amides is 1. The molecule has 1 saturated heterocycles. The van der Waals surface area contributed by atoms with Crippen molar-refractivity contribution in [2.24, 2.45) is 22.2 Å². The number of nitrogens with two attached hydrogens (primary N) is 3. The second kappa shape index (κ2) is 15.9. The van der Waals surface area contributed by atoms with E-state index >= 15 is 0 Å². The van der Waals surface area contributed by atoms with Gasteiger partial charge in [0.1, 0.15) is 18.1 Å². The Morgan fingerprint density at radius 3 is 1.97 bits per heavy atom. The molecule has 0 aromatic rings. The highest BCUT2D eigenvalue weighted by atomic mass is 16.4. The molecule has 4 atom stereocenters. The molecule has 1 heterocycles. The fraction of sp³-hybridized carbons (Fsp3) is 0.667. The summed E-state index contributed by atoms with van der Waals surface area (Å²) in [5.74, 6) is -5.72. The number of carboxylic acids is 2. The fourth-order valence-electron chi connectivity index (χ4n) is 3.58. The van der Waals surface area contributed by atoms with Gasteiger partial charge in [0.2, 0.25) is 23.6 Å². The summed E-state index contributed by atoms with van der Waals surface area (Å²) in [6, 6.07) is -4.55. The zero-order valence-corrected chi connectivity index (χ0v) is 20.4. The lowest BCUT2D eigenvalue weighted by atomic mass is 10.1. The molecule has 0 spiro atoms. The molecule has 0 bridgehead atoms. The standard InChI is InChI=1S/C21H36N8O8/c22-15(30)7-5-12(19(35)29-14(20(36)37)4-2-10-26-21(23)24)28-18(34)13(6-8-16(31)32)27-17(33)11-3-1-9-25-11/h11-14,25H,1-10H2,(H2,22,30)(H,27,33)(H,28,34)(H,29,35)(H,31,32)(H,36,37)(H4,23,24,26). The number of hydrogen-bond donors (Lipinski definition) is 9. The van der Waals surface area contributed by atoms with E-state index < -0.39 is 66.2 Å². The SMILES string of the molecule is NC(=O)CCC(NC(=O)C(CCC(=O)O)NC(=O)C1CCCN1)C(=O)NC(CCCN=C(N)N)C(=O)O. The number of rotatable bonds is 17. The van der Waals surface area contributed by atoms with Crippen molar-refractivity contribution >= 4 is 41.5 Å². The van der Waals surface area contributed by atoms with Crippen LogP contribution < -0.4 is 38.5 Å². The summed E-state index contributed by atoms with van der Waals surface area (Å²) in [4.78, 5) is 76.0. The highest BCUT2D eigenvalue weighted by molar-refractivity contribution is 5.94. The van der Waals surface area contributed by atoms with Gasteiger partial charge in [0, 0.05) is 19.4 Å². The summed E-state index contributed by atoms with van der Waals surface area (Å²) in [5, 5.41) is 28.6. The van der Waals surface area contributed by atoms with Crippen LogP contribution in [0.5, 0.6) is 0 Å². The summed E-state index contributed by atoms with van der Waals surface area (Å²) in [6.45, 7) is 0.751. The summed E-state index contributed by atoms with van der Waals surface area (Å²) >= 11 is 0. The zero-order chi connectivity index (χ0) is 28.0. The molecule has 0 aliphatic carbocycles. The molecule has 4 amide bonds.